The summed E-state index contributed by atoms with van der Waals surface area (Å²) in [6.45, 7) is 7.53. The summed E-state index contributed by atoms with van der Waals surface area (Å²) in [5.41, 5.74) is 2.19. The lowest BCUT2D eigenvalue weighted by Gasteiger charge is -2.26. The van der Waals surface area contributed by atoms with Crippen molar-refractivity contribution in [2.24, 2.45) is 4.99 Å². The molecule has 7 nitrogen and oxygen atoms in total. The minimum Gasteiger partial charge on any atom is -0.491 e. The predicted molar refractivity (Wildman–Crippen MR) is 185 cm³/mol. The number of fused-ring (bicyclic) bond motifs is 1. The molecule has 44 heavy (non-hydrogen) atoms. The van der Waals surface area contributed by atoms with Crippen LogP contribution in [0.4, 0.5) is 4.39 Å². The first-order valence-corrected chi connectivity index (χ1v) is 16.9. The lowest BCUT2D eigenvalue weighted by atomic mass is 9.95. The zero-order valence-electron chi connectivity index (χ0n) is 24.4. The maximum atomic E-state index is 14.3. The van der Waals surface area contributed by atoms with E-state index in [9.17, 15) is 14.0 Å². The average Bonchev–Trinajstić information content (AvgIpc) is 3.26. The van der Waals surface area contributed by atoms with Gasteiger partial charge in [0, 0.05) is 20.3 Å². The smallest absolute Gasteiger partial charge is 0.338 e. The summed E-state index contributed by atoms with van der Waals surface area (Å²) in [6.07, 6.45) is 1.64. The summed E-state index contributed by atoms with van der Waals surface area (Å²) in [7, 11) is 0. The van der Waals surface area contributed by atoms with Gasteiger partial charge in [0.1, 0.15) is 30.0 Å². The summed E-state index contributed by atoms with van der Waals surface area (Å²) >= 11 is 5.62. The number of allylic oxidation sites excluding steroid dienone is 1. The van der Waals surface area contributed by atoms with Crippen molar-refractivity contribution in [2.75, 3.05) is 6.61 Å². The Labute approximate surface area is 285 Å². The van der Waals surface area contributed by atoms with E-state index >= 15 is 0 Å². The highest BCUT2D eigenvalue weighted by atomic mass is 127. The van der Waals surface area contributed by atoms with Crippen molar-refractivity contribution < 1.29 is 23.4 Å². The summed E-state index contributed by atoms with van der Waals surface area (Å²) in [6, 6.07) is 16.9. The molecule has 0 saturated carbocycles. The van der Waals surface area contributed by atoms with Crippen LogP contribution in [0.3, 0.4) is 0 Å². The van der Waals surface area contributed by atoms with E-state index in [2.05, 4.69) is 50.2 Å². The van der Waals surface area contributed by atoms with E-state index in [-0.39, 0.29) is 36.3 Å². The van der Waals surface area contributed by atoms with E-state index in [1.165, 1.54) is 22.0 Å². The second-order valence-electron chi connectivity index (χ2n) is 10.2. The molecular weight excluding hydrogens is 809 g/mol. The van der Waals surface area contributed by atoms with Crippen LogP contribution in [-0.2, 0) is 16.1 Å². The molecule has 11 heteroatoms. The van der Waals surface area contributed by atoms with Gasteiger partial charge in [-0.25, -0.2) is 14.2 Å². The molecule has 0 aliphatic carbocycles. The third-order valence-electron chi connectivity index (χ3n) is 6.75. The van der Waals surface area contributed by atoms with Crippen molar-refractivity contribution in [3.8, 4) is 11.5 Å². The molecule has 0 spiro atoms. The molecule has 1 atom stereocenters. The van der Waals surface area contributed by atoms with E-state index in [0.29, 0.717) is 43.2 Å². The second kappa shape index (κ2) is 13.9. The molecule has 3 aromatic carbocycles. The Balaban J connectivity index is 1.68. The number of halogens is 3. The van der Waals surface area contributed by atoms with Crippen LogP contribution in [-0.4, -0.2) is 23.2 Å². The van der Waals surface area contributed by atoms with Crippen molar-refractivity contribution in [3.63, 3.8) is 0 Å². The van der Waals surface area contributed by atoms with Gasteiger partial charge in [-0.2, -0.15) is 0 Å². The SMILES string of the molecule is CCOC(=O)C1=C(C)N=c2s/c(=C\c3cc(I)cc(I)c3OCc3ccccc3F)c(=O)n2[C@@H]1c1ccccc1OC(C)C. The molecular formula is C33H29FI2N2O5S. The second-order valence-corrected chi connectivity index (χ2v) is 13.6. The van der Waals surface area contributed by atoms with Crippen molar-refractivity contribution >= 4 is 68.6 Å². The Morgan fingerprint density at radius 3 is 2.59 bits per heavy atom. The number of benzene rings is 3. The molecule has 0 saturated heterocycles. The van der Waals surface area contributed by atoms with Gasteiger partial charge in [-0.15, -0.1) is 0 Å². The number of para-hydroxylation sites is 1. The molecule has 5 rings (SSSR count). The molecule has 2 heterocycles. The van der Waals surface area contributed by atoms with Crippen LogP contribution < -0.4 is 24.4 Å². The molecule has 0 unspecified atom stereocenters. The number of rotatable bonds is 9. The monoisotopic (exact) mass is 838 g/mol. The Morgan fingerprint density at radius 1 is 1.14 bits per heavy atom. The molecule has 0 bridgehead atoms. The number of ether oxygens (including phenoxy) is 3. The van der Waals surface area contributed by atoms with Crippen LogP contribution in [0.2, 0.25) is 0 Å². The number of carbonyl (C=O) groups excluding carboxylic acids is 1. The molecule has 0 radical (unpaired) electrons. The lowest BCUT2D eigenvalue weighted by molar-refractivity contribution is -0.139. The Hall–Kier alpha value is -3.04. The van der Waals surface area contributed by atoms with Crippen molar-refractivity contribution in [1.29, 1.82) is 0 Å². The molecule has 1 aliphatic rings. The highest BCUT2D eigenvalue weighted by molar-refractivity contribution is 14.1. The number of nitrogens with zero attached hydrogens (tertiary/aromatic N) is 2. The van der Waals surface area contributed by atoms with E-state index in [4.69, 9.17) is 14.2 Å². The highest BCUT2D eigenvalue weighted by Crippen LogP contribution is 2.36. The van der Waals surface area contributed by atoms with Gasteiger partial charge >= 0.3 is 5.97 Å². The normalized spacial score (nSPS) is 14.8. The largest absolute Gasteiger partial charge is 0.491 e. The maximum absolute atomic E-state index is 14.3. The number of hydrogen-bond donors (Lipinski definition) is 0. The van der Waals surface area contributed by atoms with Gasteiger partial charge in [-0.05, 0) is 103 Å². The third-order valence-corrected chi connectivity index (χ3v) is 9.15. The highest BCUT2D eigenvalue weighted by Gasteiger charge is 2.35. The van der Waals surface area contributed by atoms with Crippen molar-refractivity contribution in [2.45, 2.75) is 46.4 Å². The molecule has 0 fully saturated rings. The fourth-order valence-electron chi connectivity index (χ4n) is 4.90. The molecule has 1 aliphatic heterocycles. The Kier molecular flexibility index (Phi) is 10.3. The number of aromatic nitrogens is 1. The molecule has 4 aromatic rings. The van der Waals surface area contributed by atoms with Gasteiger partial charge in [-0.1, -0.05) is 47.7 Å². The molecule has 228 valence electrons. The van der Waals surface area contributed by atoms with Gasteiger partial charge in [0.15, 0.2) is 4.80 Å². The van der Waals surface area contributed by atoms with Crippen LogP contribution in [0.25, 0.3) is 6.08 Å². The minimum absolute atomic E-state index is 0.0279. The summed E-state index contributed by atoms with van der Waals surface area (Å²) in [5, 5.41) is 0. The third kappa shape index (κ3) is 6.79. The van der Waals surface area contributed by atoms with Crippen molar-refractivity contribution in [3.05, 3.63) is 121 Å². The molecule has 1 aromatic heterocycles. The van der Waals surface area contributed by atoms with Gasteiger partial charge < -0.3 is 14.2 Å². The fraction of sp³-hybridized carbons (Fsp3) is 0.242. The first-order valence-electron chi connectivity index (χ1n) is 13.9. The van der Waals surface area contributed by atoms with Crippen LogP contribution in [0.15, 0.2) is 81.7 Å². The van der Waals surface area contributed by atoms with Gasteiger partial charge in [-0.3, -0.25) is 9.36 Å². The molecule has 0 amide bonds. The van der Waals surface area contributed by atoms with E-state index in [0.717, 1.165) is 7.14 Å². The van der Waals surface area contributed by atoms with Crippen molar-refractivity contribution in [1.82, 2.24) is 4.57 Å². The van der Waals surface area contributed by atoms with Gasteiger partial charge in [0.25, 0.3) is 5.56 Å². The summed E-state index contributed by atoms with van der Waals surface area (Å²) in [4.78, 5) is 32.7. The average molecular weight is 838 g/mol. The quantitative estimate of drug-likeness (QED) is 0.142. The number of hydrogen-bond acceptors (Lipinski definition) is 7. The Bertz CT molecular complexity index is 1950. The maximum Gasteiger partial charge on any atom is 0.338 e. The Morgan fingerprint density at radius 2 is 1.86 bits per heavy atom. The van der Waals surface area contributed by atoms with E-state index < -0.39 is 12.0 Å². The first-order chi connectivity index (χ1) is 21.1. The predicted octanol–water partition coefficient (Wildman–Crippen LogP) is 6.51. The fourth-order valence-corrected chi connectivity index (χ4v) is 7.98. The van der Waals surface area contributed by atoms with Gasteiger partial charge in [0.05, 0.1) is 32.1 Å². The van der Waals surface area contributed by atoms with Crippen LogP contribution >= 0.6 is 56.5 Å². The van der Waals surface area contributed by atoms with Crippen LogP contribution in [0, 0.1) is 13.0 Å². The van der Waals surface area contributed by atoms with Crippen LogP contribution in [0.1, 0.15) is 50.4 Å². The standard InChI is InChI=1S/C33H29FI2N2O5S/c1-5-41-32(40)28-19(4)37-33-38(29(28)23-11-7-9-13-26(23)43-18(2)3)31(39)27(44-33)15-21-14-22(35)16-25(36)30(21)42-17-20-10-6-8-12-24(20)34/h6-16,18,29H,5,17H2,1-4H3/b27-15-/t29-/m1/s1. The zero-order chi connectivity index (χ0) is 31.5. The minimum atomic E-state index is -0.810. The lowest BCUT2D eigenvalue weighted by Crippen LogP contribution is -2.40. The first kappa shape index (κ1) is 32.4. The number of esters is 1. The summed E-state index contributed by atoms with van der Waals surface area (Å²) in [5.74, 6) is 0.214. The summed E-state index contributed by atoms with van der Waals surface area (Å²) < 4.78 is 35.8. The number of thiazole rings is 1. The van der Waals surface area contributed by atoms with E-state index in [1.54, 1.807) is 38.1 Å². The van der Waals surface area contributed by atoms with Gasteiger partial charge in [0.2, 0.25) is 0 Å². The molecule has 0 N–H and O–H groups in total. The topological polar surface area (TPSA) is 79.1 Å². The number of carbonyl (C=O) groups is 1. The zero-order valence-corrected chi connectivity index (χ0v) is 29.5. The van der Waals surface area contributed by atoms with E-state index in [1.807, 2.05) is 50.2 Å². The van der Waals surface area contributed by atoms with Crippen LogP contribution in [0.5, 0.6) is 11.5 Å².